The maximum absolute atomic E-state index is 11.9. The fourth-order valence-corrected chi connectivity index (χ4v) is 3.47. The zero-order chi connectivity index (χ0) is 16.5. The van der Waals surface area contributed by atoms with E-state index in [1.165, 1.54) is 18.5 Å². The number of amides is 1. The number of nitrogens with zero attached hydrogens (tertiary/aromatic N) is 3. The second-order valence-corrected chi connectivity index (χ2v) is 6.52. The van der Waals surface area contributed by atoms with Crippen LogP contribution in [0.1, 0.15) is 24.8 Å². The third-order valence-corrected chi connectivity index (χ3v) is 4.92. The minimum atomic E-state index is 0.162. The number of aryl methyl sites for hydroxylation is 1. The predicted molar refractivity (Wildman–Crippen MR) is 97.1 cm³/mol. The number of pyridine rings is 1. The molecule has 24 heavy (non-hydrogen) atoms. The van der Waals surface area contributed by atoms with Crippen LogP contribution in [0.25, 0.3) is 0 Å². The Morgan fingerprint density at radius 2 is 1.83 bits per heavy atom. The molecule has 1 aromatic heterocycles. The van der Waals surface area contributed by atoms with Gasteiger partial charge in [0.05, 0.1) is 5.69 Å². The number of hydrogen-bond acceptors (Lipinski definition) is 4. The molecule has 0 radical (unpaired) electrons. The van der Waals surface area contributed by atoms with E-state index in [1.54, 1.807) is 4.90 Å². The summed E-state index contributed by atoms with van der Waals surface area (Å²) in [5, 5.41) is 3.34. The summed E-state index contributed by atoms with van der Waals surface area (Å²) in [4.78, 5) is 20.5. The van der Waals surface area contributed by atoms with Crippen LogP contribution in [-0.4, -0.2) is 31.0 Å². The van der Waals surface area contributed by atoms with Crippen molar-refractivity contribution in [2.45, 2.75) is 25.7 Å². The van der Waals surface area contributed by atoms with Crippen molar-refractivity contribution in [2.24, 2.45) is 0 Å². The molecule has 2 aliphatic heterocycles. The van der Waals surface area contributed by atoms with Crippen LogP contribution < -0.4 is 15.1 Å². The van der Waals surface area contributed by atoms with Crippen molar-refractivity contribution < 1.29 is 4.79 Å². The molecule has 0 unspecified atom stereocenters. The largest absolute Gasteiger partial charge is 0.372 e. The summed E-state index contributed by atoms with van der Waals surface area (Å²) in [5.41, 5.74) is 4.38. The number of carbonyl (C=O) groups is 1. The van der Waals surface area contributed by atoms with E-state index in [9.17, 15) is 4.79 Å². The van der Waals surface area contributed by atoms with Crippen molar-refractivity contribution in [3.8, 4) is 0 Å². The van der Waals surface area contributed by atoms with Gasteiger partial charge in [-0.15, -0.1) is 0 Å². The molecule has 5 heteroatoms. The molecule has 1 amide bonds. The normalized spacial score (nSPS) is 17.1. The van der Waals surface area contributed by atoms with E-state index < -0.39 is 0 Å². The first-order chi connectivity index (χ1) is 11.7. The number of rotatable bonds is 3. The van der Waals surface area contributed by atoms with Gasteiger partial charge in [0.1, 0.15) is 5.82 Å². The van der Waals surface area contributed by atoms with Crippen molar-refractivity contribution in [3.05, 3.63) is 42.1 Å². The van der Waals surface area contributed by atoms with Gasteiger partial charge < -0.3 is 15.1 Å². The number of aromatic nitrogens is 1. The van der Waals surface area contributed by atoms with E-state index in [-0.39, 0.29) is 5.91 Å². The van der Waals surface area contributed by atoms with E-state index in [4.69, 9.17) is 0 Å². The monoisotopic (exact) mass is 322 g/mol. The van der Waals surface area contributed by atoms with Crippen molar-refractivity contribution >= 4 is 28.8 Å². The van der Waals surface area contributed by atoms with Gasteiger partial charge in [-0.25, -0.2) is 4.98 Å². The average Bonchev–Trinajstić information content (AvgIpc) is 3.14. The van der Waals surface area contributed by atoms with Crippen LogP contribution in [-0.2, 0) is 11.2 Å². The average molecular weight is 322 g/mol. The zero-order valence-corrected chi connectivity index (χ0v) is 14.0. The summed E-state index contributed by atoms with van der Waals surface area (Å²) in [6.45, 7) is 2.30. The Kier molecular flexibility index (Phi) is 3.84. The lowest BCUT2D eigenvalue weighted by Gasteiger charge is -2.25. The highest BCUT2D eigenvalue weighted by atomic mass is 16.2. The van der Waals surface area contributed by atoms with Crippen molar-refractivity contribution in [3.63, 3.8) is 0 Å². The molecule has 0 saturated carbocycles. The van der Waals surface area contributed by atoms with Gasteiger partial charge >= 0.3 is 0 Å². The van der Waals surface area contributed by atoms with Gasteiger partial charge in [-0.05, 0) is 49.1 Å². The van der Waals surface area contributed by atoms with Gasteiger partial charge in [0.25, 0.3) is 0 Å². The zero-order valence-electron chi connectivity index (χ0n) is 14.0. The maximum atomic E-state index is 11.9. The van der Waals surface area contributed by atoms with Crippen LogP contribution in [0.4, 0.5) is 22.9 Å². The lowest BCUT2D eigenvalue weighted by Crippen LogP contribution is -2.31. The van der Waals surface area contributed by atoms with E-state index in [0.717, 1.165) is 42.3 Å². The Hall–Kier alpha value is -2.56. The first kappa shape index (κ1) is 15.0. The predicted octanol–water partition coefficient (Wildman–Crippen LogP) is 3.33. The Balaban J connectivity index is 1.52. The summed E-state index contributed by atoms with van der Waals surface area (Å²) >= 11 is 0. The number of anilines is 4. The van der Waals surface area contributed by atoms with Crippen LogP contribution in [0, 0.1) is 0 Å². The second kappa shape index (κ2) is 6.15. The van der Waals surface area contributed by atoms with Gasteiger partial charge in [-0.2, -0.15) is 0 Å². The highest BCUT2D eigenvalue weighted by Gasteiger charge is 2.21. The molecule has 1 aromatic carbocycles. The Labute approximate surface area is 142 Å². The van der Waals surface area contributed by atoms with Crippen LogP contribution in [0.3, 0.4) is 0 Å². The fourth-order valence-electron chi connectivity index (χ4n) is 3.47. The van der Waals surface area contributed by atoms with Crippen LogP contribution >= 0.6 is 0 Å². The molecule has 124 valence electrons. The lowest BCUT2D eigenvalue weighted by atomic mass is 10.0. The first-order valence-corrected chi connectivity index (χ1v) is 8.58. The highest BCUT2D eigenvalue weighted by Crippen LogP contribution is 2.29. The molecule has 1 fully saturated rings. The van der Waals surface area contributed by atoms with E-state index in [2.05, 4.69) is 39.5 Å². The fraction of sp³-hybridized carbons (Fsp3) is 0.368. The molecule has 0 atom stereocenters. The molecule has 1 N–H and O–H groups in total. The highest BCUT2D eigenvalue weighted by molar-refractivity contribution is 5.96. The molecule has 0 spiro atoms. The number of hydrogen-bond donors (Lipinski definition) is 1. The molecule has 3 heterocycles. The SMILES string of the molecule is CN1C(=O)CCc2cnc(Nc3ccc(N4CCCC4)cc3)cc21. The van der Waals surface area contributed by atoms with Crippen LogP contribution in [0.2, 0.25) is 0 Å². The van der Waals surface area contributed by atoms with Gasteiger partial charge in [0.2, 0.25) is 5.91 Å². The third-order valence-electron chi connectivity index (χ3n) is 4.92. The summed E-state index contributed by atoms with van der Waals surface area (Å²) < 4.78 is 0. The quantitative estimate of drug-likeness (QED) is 0.941. The molecule has 4 rings (SSSR count). The maximum Gasteiger partial charge on any atom is 0.227 e. The second-order valence-electron chi connectivity index (χ2n) is 6.52. The van der Waals surface area contributed by atoms with Crippen molar-refractivity contribution in [2.75, 3.05) is 35.3 Å². The standard InChI is InChI=1S/C19H22N4O/c1-22-17-12-18(20-13-14(17)4-9-19(22)24)21-15-5-7-16(8-6-15)23-10-2-3-11-23/h5-8,12-13H,2-4,9-11H2,1H3,(H,20,21). The molecular weight excluding hydrogens is 300 g/mol. The molecule has 0 aliphatic carbocycles. The van der Waals surface area contributed by atoms with Gasteiger partial charge in [0, 0.05) is 50.2 Å². The number of benzene rings is 1. The van der Waals surface area contributed by atoms with Crippen molar-refractivity contribution in [1.82, 2.24) is 4.98 Å². The minimum absolute atomic E-state index is 0.162. The molecule has 2 aliphatic rings. The molecule has 2 aromatic rings. The van der Waals surface area contributed by atoms with E-state index in [0.29, 0.717) is 6.42 Å². The van der Waals surface area contributed by atoms with Crippen molar-refractivity contribution in [1.29, 1.82) is 0 Å². The molecular formula is C19H22N4O. The number of nitrogens with one attached hydrogen (secondary N) is 1. The minimum Gasteiger partial charge on any atom is -0.372 e. The molecule has 1 saturated heterocycles. The van der Waals surface area contributed by atoms with Gasteiger partial charge in [-0.3, -0.25) is 4.79 Å². The summed E-state index contributed by atoms with van der Waals surface area (Å²) in [7, 11) is 1.83. The number of fused-ring (bicyclic) bond motifs is 1. The van der Waals surface area contributed by atoms with Gasteiger partial charge in [0.15, 0.2) is 0 Å². The van der Waals surface area contributed by atoms with Crippen LogP contribution in [0.15, 0.2) is 36.5 Å². The molecule has 0 bridgehead atoms. The summed E-state index contributed by atoms with van der Waals surface area (Å²) in [6.07, 6.45) is 5.78. The topological polar surface area (TPSA) is 48.5 Å². The summed E-state index contributed by atoms with van der Waals surface area (Å²) in [6, 6.07) is 10.4. The van der Waals surface area contributed by atoms with Crippen LogP contribution in [0.5, 0.6) is 0 Å². The lowest BCUT2D eigenvalue weighted by molar-refractivity contribution is -0.118. The number of carbonyl (C=O) groups excluding carboxylic acids is 1. The molecule has 5 nitrogen and oxygen atoms in total. The summed E-state index contributed by atoms with van der Waals surface area (Å²) in [5.74, 6) is 0.929. The third kappa shape index (κ3) is 2.82. The van der Waals surface area contributed by atoms with Gasteiger partial charge in [-0.1, -0.05) is 0 Å². The Bertz CT molecular complexity index is 750. The Morgan fingerprint density at radius 3 is 2.58 bits per heavy atom. The smallest absolute Gasteiger partial charge is 0.227 e. The first-order valence-electron chi connectivity index (χ1n) is 8.58. The van der Waals surface area contributed by atoms with E-state index >= 15 is 0 Å². The Morgan fingerprint density at radius 1 is 1.08 bits per heavy atom. The van der Waals surface area contributed by atoms with E-state index in [1.807, 2.05) is 19.3 Å².